The summed E-state index contributed by atoms with van der Waals surface area (Å²) in [7, 11) is 1.82. The molecule has 0 fully saturated rings. The fourth-order valence-electron chi connectivity index (χ4n) is 1.11. The van der Waals surface area contributed by atoms with Crippen molar-refractivity contribution in [2.24, 2.45) is 0 Å². The number of halogens is 1. The van der Waals surface area contributed by atoms with Crippen molar-refractivity contribution in [3.05, 3.63) is 38.3 Å². The third kappa shape index (κ3) is 2.30. The molecular formula is C9H11BrN2O2. The summed E-state index contributed by atoms with van der Waals surface area (Å²) < 4.78 is 0.509. The smallest absolute Gasteiger partial charge is 0.283 e. The lowest BCUT2D eigenvalue weighted by atomic mass is 10.1. The molecule has 0 amide bonds. The van der Waals surface area contributed by atoms with Gasteiger partial charge in [-0.2, -0.15) is 0 Å². The molecule has 1 rings (SSSR count). The van der Waals surface area contributed by atoms with Gasteiger partial charge in [0.1, 0.15) is 0 Å². The molecular weight excluding hydrogens is 248 g/mol. The van der Waals surface area contributed by atoms with Crippen molar-refractivity contribution in [3.63, 3.8) is 0 Å². The van der Waals surface area contributed by atoms with Gasteiger partial charge in [-0.15, -0.1) is 0 Å². The van der Waals surface area contributed by atoms with Crippen molar-refractivity contribution in [3.8, 4) is 0 Å². The van der Waals surface area contributed by atoms with Crippen LogP contribution in [0.25, 0.3) is 0 Å². The maximum absolute atomic E-state index is 10.6. The van der Waals surface area contributed by atoms with Crippen LogP contribution in [0.2, 0.25) is 0 Å². The van der Waals surface area contributed by atoms with Gasteiger partial charge in [-0.3, -0.25) is 10.1 Å². The van der Waals surface area contributed by atoms with E-state index in [0.29, 0.717) is 4.47 Å². The van der Waals surface area contributed by atoms with Crippen molar-refractivity contribution in [2.45, 2.75) is 13.0 Å². The molecule has 0 radical (unpaired) electrons. The standard InChI is InChI=1S/C9H11BrN2O2/c1-6(11-2)7-3-4-8(10)9(5-7)12(13)14/h3-6,11H,1-2H3/t6-/m0/s1. The van der Waals surface area contributed by atoms with E-state index >= 15 is 0 Å². The van der Waals surface area contributed by atoms with Gasteiger partial charge in [0.15, 0.2) is 0 Å². The van der Waals surface area contributed by atoms with Gasteiger partial charge in [0.25, 0.3) is 5.69 Å². The molecule has 0 spiro atoms. The molecule has 1 aromatic rings. The van der Waals surface area contributed by atoms with E-state index in [1.807, 2.05) is 20.0 Å². The van der Waals surface area contributed by atoms with E-state index in [-0.39, 0.29) is 11.7 Å². The molecule has 0 heterocycles. The molecule has 0 aliphatic carbocycles. The number of nitrogens with one attached hydrogen (secondary N) is 1. The van der Waals surface area contributed by atoms with E-state index in [1.54, 1.807) is 12.1 Å². The highest BCUT2D eigenvalue weighted by atomic mass is 79.9. The summed E-state index contributed by atoms with van der Waals surface area (Å²) in [5.41, 5.74) is 1.01. The Kier molecular flexibility index (Phi) is 3.60. The first-order valence-corrected chi connectivity index (χ1v) is 4.96. The Morgan fingerprint density at radius 2 is 2.21 bits per heavy atom. The number of benzene rings is 1. The lowest BCUT2D eigenvalue weighted by Gasteiger charge is -2.10. The van der Waals surface area contributed by atoms with Crippen LogP contribution in [0.4, 0.5) is 5.69 Å². The second-order valence-electron chi connectivity index (χ2n) is 2.98. The minimum absolute atomic E-state index is 0.101. The minimum Gasteiger partial charge on any atom is -0.313 e. The topological polar surface area (TPSA) is 55.2 Å². The molecule has 1 aromatic carbocycles. The monoisotopic (exact) mass is 258 g/mol. The van der Waals surface area contributed by atoms with Crippen molar-refractivity contribution in [2.75, 3.05) is 7.05 Å². The minimum atomic E-state index is -0.393. The molecule has 0 bridgehead atoms. The molecule has 0 aliphatic rings. The highest BCUT2D eigenvalue weighted by Gasteiger charge is 2.14. The summed E-state index contributed by atoms with van der Waals surface area (Å²) in [4.78, 5) is 10.2. The summed E-state index contributed by atoms with van der Waals surface area (Å²) in [5.74, 6) is 0. The molecule has 1 atom stereocenters. The van der Waals surface area contributed by atoms with Crippen LogP contribution < -0.4 is 5.32 Å². The zero-order chi connectivity index (χ0) is 10.7. The number of hydrogen-bond acceptors (Lipinski definition) is 3. The molecule has 0 saturated carbocycles. The summed E-state index contributed by atoms with van der Waals surface area (Å²) in [6, 6.07) is 5.24. The summed E-state index contributed by atoms with van der Waals surface area (Å²) in [6.45, 7) is 1.95. The van der Waals surface area contributed by atoms with Gasteiger partial charge in [0.05, 0.1) is 9.40 Å². The van der Waals surface area contributed by atoms with E-state index in [2.05, 4.69) is 21.2 Å². The highest BCUT2D eigenvalue weighted by molar-refractivity contribution is 9.10. The second kappa shape index (κ2) is 4.52. The van der Waals surface area contributed by atoms with E-state index in [4.69, 9.17) is 0 Å². The highest BCUT2D eigenvalue weighted by Crippen LogP contribution is 2.27. The van der Waals surface area contributed by atoms with Gasteiger partial charge in [0, 0.05) is 12.1 Å². The first-order chi connectivity index (χ1) is 6.56. The number of nitro groups is 1. The average molecular weight is 259 g/mol. The zero-order valence-electron chi connectivity index (χ0n) is 7.95. The van der Waals surface area contributed by atoms with Gasteiger partial charge >= 0.3 is 0 Å². The Morgan fingerprint density at radius 3 is 2.71 bits per heavy atom. The molecule has 1 N–H and O–H groups in total. The fraction of sp³-hybridized carbons (Fsp3) is 0.333. The van der Waals surface area contributed by atoms with Crippen LogP contribution in [-0.4, -0.2) is 12.0 Å². The normalized spacial score (nSPS) is 12.5. The third-order valence-electron chi connectivity index (χ3n) is 2.10. The summed E-state index contributed by atoms with van der Waals surface area (Å²) in [6.07, 6.45) is 0. The average Bonchev–Trinajstić information content (AvgIpc) is 2.17. The second-order valence-corrected chi connectivity index (χ2v) is 3.83. The SMILES string of the molecule is CN[C@@H](C)c1ccc(Br)c([N+](=O)[O-])c1. The molecule has 5 heteroatoms. The molecule has 14 heavy (non-hydrogen) atoms. The van der Waals surface area contributed by atoms with Crippen molar-refractivity contribution >= 4 is 21.6 Å². The number of nitro benzene ring substituents is 1. The van der Waals surface area contributed by atoms with E-state index < -0.39 is 4.92 Å². The van der Waals surface area contributed by atoms with Gasteiger partial charge in [-0.1, -0.05) is 6.07 Å². The number of rotatable bonds is 3. The van der Waals surface area contributed by atoms with Crippen molar-refractivity contribution in [1.82, 2.24) is 5.32 Å². The molecule has 0 unspecified atom stereocenters. The Bertz CT molecular complexity index is 355. The first kappa shape index (κ1) is 11.1. The first-order valence-electron chi connectivity index (χ1n) is 4.17. The maximum atomic E-state index is 10.6. The lowest BCUT2D eigenvalue weighted by molar-refractivity contribution is -0.385. The third-order valence-corrected chi connectivity index (χ3v) is 2.77. The van der Waals surface area contributed by atoms with Gasteiger partial charge in [-0.05, 0) is 41.5 Å². The van der Waals surface area contributed by atoms with Crippen molar-refractivity contribution in [1.29, 1.82) is 0 Å². The number of nitrogens with zero attached hydrogens (tertiary/aromatic N) is 1. The molecule has 0 saturated heterocycles. The number of hydrogen-bond donors (Lipinski definition) is 1. The maximum Gasteiger partial charge on any atom is 0.283 e. The van der Waals surface area contributed by atoms with Crippen LogP contribution in [0.3, 0.4) is 0 Å². The van der Waals surface area contributed by atoms with Crippen molar-refractivity contribution < 1.29 is 4.92 Å². The lowest BCUT2D eigenvalue weighted by Crippen LogP contribution is -2.12. The summed E-state index contributed by atoms with van der Waals surface area (Å²) >= 11 is 3.14. The Balaban J connectivity index is 3.12. The van der Waals surface area contributed by atoms with Crippen LogP contribution in [0.1, 0.15) is 18.5 Å². The molecule has 0 aliphatic heterocycles. The van der Waals surface area contributed by atoms with Crippen LogP contribution >= 0.6 is 15.9 Å². The van der Waals surface area contributed by atoms with E-state index in [0.717, 1.165) is 5.56 Å². The summed E-state index contributed by atoms with van der Waals surface area (Å²) in [5, 5.41) is 13.7. The largest absolute Gasteiger partial charge is 0.313 e. The molecule has 0 aromatic heterocycles. The molecule has 76 valence electrons. The van der Waals surface area contributed by atoms with E-state index in [9.17, 15) is 10.1 Å². The van der Waals surface area contributed by atoms with Crippen LogP contribution in [0, 0.1) is 10.1 Å². The molecule has 4 nitrogen and oxygen atoms in total. The quantitative estimate of drug-likeness (QED) is 0.670. The van der Waals surface area contributed by atoms with Gasteiger partial charge in [-0.25, -0.2) is 0 Å². The van der Waals surface area contributed by atoms with Crippen LogP contribution in [0.15, 0.2) is 22.7 Å². The Morgan fingerprint density at radius 1 is 1.57 bits per heavy atom. The Labute approximate surface area is 90.6 Å². The predicted molar refractivity (Wildman–Crippen MR) is 58.3 cm³/mol. The van der Waals surface area contributed by atoms with Crippen LogP contribution in [0.5, 0.6) is 0 Å². The predicted octanol–water partition coefficient (Wildman–Crippen LogP) is 2.64. The van der Waals surface area contributed by atoms with Gasteiger partial charge in [0.2, 0.25) is 0 Å². The van der Waals surface area contributed by atoms with Crippen LogP contribution in [-0.2, 0) is 0 Å². The fourth-order valence-corrected chi connectivity index (χ4v) is 1.50. The van der Waals surface area contributed by atoms with E-state index in [1.165, 1.54) is 0 Å². The zero-order valence-corrected chi connectivity index (χ0v) is 9.54. The van der Waals surface area contributed by atoms with Gasteiger partial charge < -0.3 is 5.32 Å². The Hall–Kier alpha value is -0.940.